The van der Waals surface area contributed by atoms with Crippen molar-refractivity contribution < 1.29 is 0 Å². The molecule has 2 heterocycles. The Hall–Kier alpha value is -3.56. The molecule has 1 unspecified atom stereocenters. The predicted octanol–water partition coefficient (Wildman–Crippen LogP) is 5.08. The molecule has 148 valence electrons. The van der Waals surface area contributed by atoms with Gasteiger partial charge in [-0.25, -0.2) is 4.98 Å². The molecule has 5 nitrogen and oxygen atoms in total. The van der Waals surface area contributed by atoms with Crippen LogP contribution in [0.25, 0.3) is 10.2 Å². The van der Waals surface area contributed by atoms with Crippen LogP contribution in [0.3, 0.4) is 0 Å². The second kappa shape index (κ2) is 8.85. The maximum absolute atomic E-state index is 12.7. The van der Waals surface area contributed by atoms with E-state index < -0.39 is 0 Å². The number of benzene rings is 2. The first kappa shape index (κ1) is 19.7. The van der Waals surface area contributed by atoms with Gasteiger partial charge >= 0.3 is 0 Å². The third-order valence-corrected chi connectivity index (χ3v) is 6.04. The van der Waals surface area contributed by atoms with Gasteiger partial charge in [-0.05, 0) is 41.8 Å². The Morgan fingerprint density at radius 1 is 1.07 bits per heavy atom. The average molecular weight is 413 g/mol. The van der Waals surface area contributed by atoms with Crippen molar-refractivity contribution in [1.29, 1.82) is 5.26 Å². The molecule has 6 heteroatoms. The molecule has 0 aliphatic heterocycles. The summed E-state index contributed by atoms with van der Waals surface area (Å²) in [5.74, 6) is 0. The molecule has 0 bridgehead atoms. The van der Waals surface area contributed by atoms with Crippen LogP contribution in [0.2, 0.25) is 0 Å². The van der Waals surface area contributed by atoms with Crippen LogP contribution < -0.4 is 10.5 Å². The molecule has 0 saturated carbocycles. The molecule has 0 saturated heterocycles. The summed E-state index contributed by atoms with van der Waals surface area (Å²) in [6.07, 6.45) is 2.52. The molecule has 0 aliphatic rings. The van der Waals surface area contributed by atoms with E-state index in [0.717, 1.165) is 17.5 Å². The summed E-state index contributed by atoms with van der Waals surface area (Å²) in [6.45, 7) is 2.73. The minimum absolute atomic E-state index is 0.00209. The molecule has 0 N–H and O–H groups in total. The molecule has 2 aromatic heterocycles. The molecule has 0 spiro atoms. The summed E-state index contributed by atoms with van der Waals surface area (Å²) in [4.78, 5) is 24.3. The summed E-state index contributed by atoms with van der Waals surface area (Å²) < 4.78 is 0. The van der Waals surface area contributed by atoms with Gasteiger partial charge in [-0.3, -0.25) is 4.79 Å². The minimum atomic E-state index is -0.264. The molecule has 2 aromatic carbocycles. The zero-order chi connectivity index (χ0) is 20.9. The predicted molar refractivity (Wildman–Crippen MR) is 120 cm³/mol. The molecule has 0 radical (unpaired) electrons. The van der Waals surface area contributed by atoms with Gasteiger partial charge in [0.2, 0.25) is 0 Å². The third-order valence-electron chi connectivity index (χ3n) is 5.02. The fourth-order valence-electron chi connectivity index (χ4n) is 3.52. The van der Waals surface area contributed by atoms with Gasteiger partial charge in [-0.15, -0.1) is 0 Å². The van der Waals surface area contributed by atoms with Crippen molar-refractivity contribution in [1.82, 2.24) is 9.97 Å². The second-order valence-electron chi connectivity index (χ2n) is 6.93. The highest BCUT2D eigenvalue weighted by molar-refractivity contribution is 7.21. The van der Waals surface area contributed by atoms with Crippen LogP contribution in [0.15, 0.2) is 77.7 Å². The number of hydrogen-bond acceptors (Lipinski definition) is 6. The summed E-state index contributed by atoms with van der Waals surface area (Å²) >= 11 is 1.43. The molecule has 30 heavy (non-hydrogen) atoms. The Labute approximate surface area is 178 Å². The van der Waals surface area contributed by atoms with Crippen LogP contribution in [0.5, 0.6) is 0 Å². The van der Waals surface area contributed by atoms with E-state index in [9.17, 15) is 4.79 Å². The van der Waals surface area contributed by atoms with Crippen LogP contribution in [0.4, 0.5) is 5.13 Å². The largest absolute Gasteiger partial charge is 0.337 e. The van der Waals surface area contributed by atoms with E-state index in [-0.39, 0.29) is 11.6 Å². The van der Waals surface area contributed by atoms with Crippen molar-refractivity contribution >= 4 is 26.7 Å². The molecule has 0 fully saturated rings. The molecular formula is C24H20N4OS. The standard InChI is InChI=1S/C24H20N4OS/c1-2-21(19-12-10-17(15-25)11-13-19)28(16-18-7-4-3-5-8-18)24-27-22(29)20-9-6-14-26-23(20)30-24/h3-14,21H,2,16H2,1H3. The molecule has 0 amide bonds. The van der Waals surface area contributed by atoms with Crippen LogP contribution in [-0.4, -0.2) is 9.97 Å². The number of aromatic nitrogens is 2. The molecule has 0 aliphatic carbocycles. The maximum atomic E-state index is 12.7. The Bertz CT molecular complexity index is 1250. The SMILES string of the molecule is CCC(c1ccc(C#N)cc1)N(Cc1ccccc1)c1nc(=O)c2cccnc2s1. The Kier molecular flexibility index (Phi) is 5.82. The first-order chi connectivity index (χ1) is 14.7. The van der Waals surface area contributed by atoms with Gasteiger partial charge in [0.15, 0.2) is 5.13 Å². The zero-order valence-corrected chi connectivity index (χ0v) is 17.3. The molecule has 4 aromatic rings. The van der Waals surface area contributed by atoms with Crippen LogP contribution in [0.1, 0.15) is 36.1 Å². The number of pyridine rings is 1. The van der Waals surface area contributed by atoms with Crippen LogP contribution >= 0.6 is 11.3 Å². The monoisotopic (exact) mass is 412 g/mol. The second-order valence-corrected chi connectivity index (χ2v) is 7.89. The lowest BCUT2D eigenvalue weighted by Gasteiger charge is -2.32. The number of nitrogens with zero attached hydrogens (tertiary/aromatic N) is 4. The Morgan fingerprint density at radius 3 is 2.53 bits per heavy atom. The smallest absolute Gasteiger partial charge is 0.282 e. The third kappa shape index (κ3) is 4.07. The minimum Gasteiger partial charge on any atom is -0.337 e. The van der Waals surface area contributed by atoms with Gasteiger partial charge in [0.1, 0.15) is 4.83 Å². The van der Waals surface area contributed by atoms with Crippen molar-refractivity contribution in [2.45, 2.75) is 25.9 Å². The maximum Gasteiger partial charge on any atom is 0.282 e. The summed E-state index contributed by atoms with van der Waals surface area (Å²) in [7, 11) is 0. The quantitative estimate of drug-likeness (QED) is 0.442. The fraction of sp³-hybridized carbons (Fsp3) is 0.167. The van der Waals surface area contributed by atoms with Crippen molar-refractivity contribution in [3.63, 3.8) is 0 Å². The lowest BCUT2D eigenvalue weighted by atomic mass is 10.0. The normalized spacial score (nSPS) is 11.7. The van der Waals surface area contributed by atoms with Gasteiger partial charge in [-0.1, -0.05) is 60.7 Å². The Balaban J connectivity index is 1.83. The topological polar surface area (TPSA) is 69.9 Å². The van der Waals surface area contributed by atoms with Gasteiger partial charge in [0, 0.05) is 12.7 Å². The summed E-state index contributed by atoms with van der Waals surface area (Å²) in [5.41, 5.74) is 2.57. The lowest BCUT2D eigenvalue weighted by Crippen LogP contribution is -2.29. The van der Waals surface area contributed by atoms with E-state index in [4.69, 9.17) is 5.26 Å². The average Bonchev–Trinajstić information content (AvgIpc) is 2.80. The summed E-state index contributed by atoms with van der Waals surface area (Å²) in [5, 5.41) is 10.3. The molecular weight excluding hydrogens is 392 g/mol. The van der Waals surface area contributed by atoms with E-state index in [0.29, 0.717) is 27.5 Å². The number of nitriles is 1. The molecule has 4 rings (SSSR count). The van der Waals surface area contributed by atoms with Crippen molar-refractivity contribution in [3.05, 3.63) is 100.0 Å². The zero-order valence-electron chi connectivity index (χ0n) is 16.5. The highest BCUT2D eigenvalue weighted by Crippen LogP contribution is 2.33. The van der Waals surface area contributed by atoms with Crippen molar-refractivity contribution in [3.8, 4) is 6.07 Å². The van der Waals surface area contributed by atoms with Crippen LogP contribution in [-0.2, 0) is 6.54 Å². The van der Waals surface area contributed by atoms with Gasteiger partial charge in [-0.2, -0.15) is 10.2 Å². The number of hydrogen-bond donors (Lipinski definition) is 0. The van der Waals surface area contributed by atoms with E-state index in [1.165, 1.54) is 11.3 Å². The fourth-order valence-corrected chi connectivity index (χ4v) is 4.51. The van der Waals surface area contributed by atoms with Gasteiger partial charge < -0.3 is 4.90 Å². The van der Waals surface area contributed by atoms with Crippen LogP contribution in [0, 0.1) is 11.3 Å². The number of fused-ring (bicyclic) bond motifs is 1. The lowest BCUT2D eigenvalue weighted by molar-refractivity contribution is 0.597. The van der Waals surface area contributed by atoms with Gasteiger partial charge in [0.25, 0.3) is 5.56 Å². The van der Waals surface area contributed by atoms with E-state index in [1.807, 2.05) is 42.5 Å². The summed E-state index contributed by atoms with van der Waals surface area (Å²) in [6, 6.07) is 23.4. The molecule has 1 atom stereocenters. The van der Waals surface area contributed by atoms with E-state index in [2.05, 4.69) is 40.0 Å². The highest BCUT2D eigenvalue weighted by atomic mass is 32.1. The number of anilines is 1. The van der Waals surface area contributed by atoms with E-state index >= 15 is 0 Å². The highest BCUT2D eigenvalue weighted by Gasteiger charge is 2.23. The van der Waals surface area contributed by atoms with Crippen molar-refractivity contribution in [2.24, 2.45) is 0 Å². The first-order valence-electron chi connectivity index (χ1n) is 9.76. The van der Waals surface area contributed by atoms with E-state index in [1.54, 1.807) is 18.3 Å². The first-order valence-corrected chi connectivity index (χ1v) is 10.6. The van der Waals surface area contributed by atoms with Gasteiger partial charge in [0.05, 0.1) is 23.1 Å². The van der Waals surface area contributed by atoms with Crippen molar-refractivity contribution in [2.75, 3.05) is 4.90 Å². The number of rotatable bonds is 6. The Morgan fingerprint density at radius 2 is 1.83 bits per heavy atom.